The largest absolute Gasteiger partial charge is 0.488 e. The number of nitrogens with zero attached hydrogens (tertiary/aromatic N) is 1. The van der Waals surface area contributed by atoms with E-state index < -0.39 is 0 Å². The van der Waals surface area contributed by atoms with E-state index in [1.165, 1.54) is 12.1 Å². The number of benzene rings is 2. The number of nitrogens with one attached hydrogen (secondary N) is 1. The molecule has 0 radical (unpaired) electrons. The molecule has 1 N–H and O–H groups in total. The number of halogens is 2. The molecule has 29 heavy (non-hydrogen) atoms. The summed E-state index contributed by atoms with van der Waals surface area (Å²) in [6, 6.07) is 11.7. The van der Waals surface area contributed by atoms with Crippen molar-refractivity contribution in [3.05, 3.63) is 70.0 Å². The lowest BCUT2D eigenvalue weighted by molar-refractivity contribution is -0.118. The lowest BCUT2D eigenvalue weighted by Gasteiger charge is -2.35. The fourth-order valence-corrected chi connectivity index (χ4v) is 3.79. The highest BCUT2D eigenvalue weighted by molar-refractivity contribution is 6.30. The van der Waals surface area contributed by atoms with Gasteiger partial charge in [-0.2, -0.15) is 0 Å². The Morgan fingerprint density at radius 1 is 1.17 bits per heavy atom. The number of hydrogen-bond acceptors (Lipinski definition) is 4. The van der Waals surface area contributed by atoms with E-state index >= 15 is 0 Å². The minimum atomic E-state index is -0.277. The van der Waals surface area contributed by atoms with Gasteiger partial charge in [-0.25, -0.2) is 4.39 Å². The van der Waals surface area contributed by atoms with Crippen molar-refractivity contribution < 1.29 is 18.7 Å². The van der Waals surface area contributed by atoms with Crippen LogP contribution in [0.4, 0.5) is 4.39 Å². The van der Waals surface area contributed by atoms with Crippen LogP contribution in [0.15, 0.2) is 48.0 Å². The maximum atomic E-state index is 13.4. The highest BCUT2D eigenvalue weighted by Gasteiger charge is 2.24. The van der Waals surface area contributed by atoms with Crippen molar-refractivity contribution in [1.29, 1.82) is 0 Å². The van der Waals surface area contributed by atoms with Gasteiger partial charge in [0.05, 0.1) is 24.8 Å². The monoisotopic (exact) mass is 416 g/mol. The Labute approximate surface area is 174 Å². The van der Waals surface area contributed by atoms with Crippen LogP contribution in [0.3, 0.4) is 0 Å². The van der Waals surface area contributed by atoms with Gasteiger partial charge in [0.15, 0.2) is 0 Å². The van der Waals surface area contributed by atoms with Crippen LogP contribution in [0.5, 0.6) is 5.75 Å². The molecule has 4 rings (SSSR count). The molecule has 0 saturated carbocycles. The predicted octanol–water partition coefficient (Wildman–Crippen LogP) is 3.44. The molecule has 152 valence electrons. The third-order valence-corrected chi connectivity index (χ3v) is 5.41. The maximum absolute atomic E-state index is 13.4. The molecule has 0 spiro atoms. The second-order valence-electron chi connectivity index (χ2n) is 7.07. The van der Waals surface area contributed by atoms with Crippen LogP contribution in [0, 0.1) is 5.82 Å². The summed E-state index contributed by atoms with van der Waals surface area (Å²) in [5, 5.41) is 3.60. The summed E-state index contributed by atoms with van der Waals surface area (Å²) in [5.74, 6) is 0.250. The smallest absolute Gasteiger partial charge is 0.250 e. The zero-order chi connectivity index (χ0) is 20.2. The summed E-state index contributed by atoms with van der Waals surface area (Å²) in [5.41, 5.74) is 2.29. The standard InChI is InChI=1S/C22H22ClFN2O3/c23-18-3-6-21-16(12-18)11-17(14-29-21)22(27)25-13-20(26-7-9-28-10-8-26)15-1-4-19(24)5-2-15/h1-6,11-12,20H,7-10,13-14H2,(H,25,27)/t20-/m0/s1. The van der Waals surface area contributed by atoms with Gasteiger partial charge in [-0.1, -0.05) is 23.7 Å². The molecule has 5 nitrogen and oxygen atoms in total. The molecule has 7 heteroatoms. The molecule has 0 aliphatic carbocycles. The van der Waals surface area contributed by atoms with Crippen LogP contribution in [0.1, 0.15) is 17.2 Å². The van der Waals surface area contributed by atoms with E-state index in [0.717, 1.165) is 24.2 Å². The van der Waals surface area contributed by atoms with E-state index in [2.05, 4.69) is 10.2 Å². The normalized spacial score (nSPS) is 17.7. The molecule has 0 bridgehead atoms. The average Bonchev–Trinajstić information content (AvgIpc) is 2.75. The van der Waals surface area contributed by atoms with Crippen molar-refractivity contribution in [1.82, 2.24) is 10.2 Å². The number of ether oxygens (including phenoxy) is 2. The Bertz CT molecular complexity index is 911. The van der Waals surface area contributed by atoms with Crippen molar-refractivity contribution in [3.63, 3.8) is 0 Å². The quantitative estimate of drug-likeness (QED) is 0.811. The average molecular weight is 417 g/mol. The van der Waals surface area contributed by atoms with Gasteiger partial charge in [0.25, 0.3) is 5.91 Å². The summed E-state index contributed by atoms with van der Waals surface area (Å²) < 4.78 is 24.5. The van der Waals surface area contributed by atoms with Gasteiger partial charge in [-0.3, -0.25) is 9.69 Å². The van der Waals surface area contributed by atoms with Gasteiger partial charge in [0.2, 0.25) is 0 Å². The number of carbonyl (C=O) groups excluding carboxylic acids is 1. The van der Waals surface area contributed by atoms with Crippen molar-refractivity contribution in [3.8, 4) is 5.75 Å². The predicted molar refractivity (Wildman–Crippen MR) is 109 cm³/mol. The van der Waals surface area contributed by atoms with E-state index in [0.29, 0.717) is 36.1 Å². The van der Waals surface area contributed by atoms with Gasteiger partial charge >= 0.3 is 0 Å². The van der Waals surface area contributed by atoms with Crippen molar-refractivity contribution >= 4 is 23.6 Å². The molecule has 1 amide bonds. The third kappa shape index (κ3) is 4.78. The van der Waals surface area contributed by atoms with E-state index in [9.17, 15) is 9.18 Å². The summed E-state index contributed by atoms with van der Waals surface area (Å²) in [4.78, 5) is 15.0. The topological polar surface area (TPSA) is 50.8 Å². The second kappa shape index (κ2) is 8.95. The molecule has 1 fully saturated rings. The van der Waals surface area contributed by atoms with Gasteiger partial charge in [0.1, 0.15) is 18.2 Å². The molecule has 1 atom stereocenters. The van der Waals surface area contributed by atoms with Crippen molar-refractivity contribution in [2.75, 3.05) is 39.5 Å². The number of amides is 1. The number of hydrogen-bond donors (Lipinski definition) is 1. The van der Waals surface area contributed by atoms with Crippen LogP contribution in [0.25, 0.3) is 6.08 Å². The molecule has 0 unspecified atom stereocenters. The fraction of sp³-hybridized carbons (Fsp3) is 0.318. The van der Waals surface area contributed by atoms with Crippen LogP contribution in [-0.2, 0) is 9.53 Å². The Morgan fingerprint density at radius 3 is 2.69 bits per heavy atom. The van der Waals surface area contributed by atoms with Crippen LogP contribution in [0.2, 0.25) is 5.02 Å². The lowest BCUT2D eigenvalue weighted by atomic mass is 10.0. The zero-order valence-electron chi connectivity index (χ0n) is 15.9. The minimum Gasteiger partial charge on any atom is -0.488 e. The molecule has 0 aromatic heterocycles. The molecule has 2 aliphatic heterocycles. The van der Waals surface area contributed by atoms with E-state index in [-0.39, 0.29) is 24.4 Å². The van der Waals surface area contributed by atoms with Gasteiger partial charge in [0, 0.05) is 30.2 Å². The number of carbonyl (C=O) groups is 1. The Morgan fingerprint density at radius 2 is 1.93 bits per heavy atom. The lowest BCUT2D eigenvalue weighted by Crippen LogP contribution is -2.44. The first kappa shape index (κ1) is 19.9. The number of morpholine rings is 1. The molecule has 2 aromatic rings. The van der Waals surface area contributed by atoms with Gasteiger partial charge < -0.3 is 14.8 Å². The second-order valence-corrected chi connectivity index (χ2v) is 7.50. The van der Waals surface area contributed by atoms with E-state index in [1.54, 1.807) is 30.3 Å². The van der Waals surface area contributed by atoms with Crippen LogP contribution < -0.4 is 10.1 Å². The fourth-order valence-electron chi connectivity index (χ4n) is 3.61. The summed E-state index contributed by atoms with van der Waals surface area (Å²) in [6.07, 6.45) is 1.81. The summed E-state index contributed by atoms with van der Waals surface area (Å²) in [7, 11) is 0. The molecule has 1 saturated heterocycles. The SMILES string of the molecule is O=C(NC[C@@H](c1ccc(F)cc1)N1CCOCC1)C1=Cc2cc(Cl)ccc2OC1. The number of fused-ring (bicyclic) bond motifs is 1. The molecular weight excluding hydrogens is 395 g/mol. The molecular formula is C22H22ClFN2O3. The highest BCUT2D eigenvalue weighted by Crippen LogP contribution is 2.29. The van der Waals surface area contributed by atoms with E-state index in [4.69, 9.17) is 21.1 Å². The Balaban J connectivity index is 1.48. The van der Waals surface area contributed by atoms with Gasteiger partial charge in [-0.15, -0.1) is 0 Å². The molecule has 2 aliphatic rings. The highest BCUT2D eigenvalue weighted by atomic mass is 35.5. The summed E-state index contributed by atoms with van der Waals surface area (Å²) in [6.45, 7) is 3.42. The third-order valence-electron chi connectivity index (χ3n) is 5.17. The first-order chi connectivity index (χ1) is 14.1. The van der Waals surface area contributed by atoms with E-state index in [1.807, 2.05) is 6.08 Å². The zero-order valence-corrected chi connectivity index (χ0v) is 16.6. The van der Waals surface area contributed by atoms with Crippen LogP contribution in [-0.4, -0.2) is 50.3 Å². The van der Waals surface area contributed by atoms with Crippen molar-refractivity contribution in [2.45, 2.75) is 6.04 Å². The summed E-state index contributed by atoms with van der Waals surface area (Å²) >= 11 is 6.04. The first-order valence-electron chi connectivity index (χ1n) is 9.58. The van der Waals surface area contributed by atoms with Crippen LogP contribution >= 0.6 is 11.6 Å². The van der Waals surface area contributed by atoms with Crippen molar-refractivity contribution in [2.24, 2.45) is 0 Å². The molecule has 2 aromatic carbocycles. The first-order valence-corrected chi connectivity index (χ1v) is 9.96. The number of rotatable bonds is 5. The Kier molecular flexibility index (Phi) is 6.13. The molecule has 2 heterocycles. The Hall–Kier alpha value is -2.41. The minimum absolute atomic E-state index is 0.0599. The van der Waals surface area contributed by atoms with Gasteiger partial charge in [-0.05, 0) is 42.0 Å². The maximum Gasteiger partial charge on any atom is 0.250 e.